The first kappa shape index (κ1) is 14.8. The van der Waals surface area contributed by atoms with Crippen molar-refractivity contribution in [3.63, 3.8) is 0 Å². The van der Waals surface area contributed by atoms with Crippen molar-refractivity contribution in [2.24, 2.45) is 5.73 Å². The number of nitrogens with one attached hydrogen (secondary N) is 1. The summed E-state index contributed by atoms with van der Waals surface area (Å²) >= 11 is 0. The number of amides is 1. The summed E-state index contributed by atoms with van der Waals surface area (Å²) in [5.41, 5.74) is 5.20. The molecule has 0 rings (SSSR count). The van der Waals surface area contributed by atoms with Gasteiger partial charge in [-0.3, -0.25) is 9.52 Å². The molecule has 1 amide bonds. The average molecular weight is 252 g/mol. The third-order valence-corrected chi connectivity index (χ3v) is 3.41. The summed E-state index contributed by atoms with van der Waals surface area (Å²) in [6.07, 6.45) is 0. The lowest BCUT2D eigenvalue weighted by molar-refractivity contribution is -0.147. The van der Waals surface area contributed by atoms with Gasteiger partial charge >= 0.3 is 5.97 Å². The van der Waals surface area contributed by atoms with E-state index in [2.05, 4.69) is 4.74 Å². The molecule has 94 valence electrons. The molecule has 0 aromatic rings. The van der Waals surface area contributed by atoms with Crippen LogP contribution in [0.3, 0.4) is 0 Å². The van der Waals surface area contributed by atoms with E-state index >= 15 is 0 Å². The molecule has 0 saturated carbocycles. The normalized spacial score (nSPS) is 13.3. The Morgan fingerprint density at radius 3 is 2.25 bits per heavy atom. The fourth-order valence-corrected chi connectivity index (χ4v) is 1.30. The van der Waals surface area contributed by atoms with E-state index in [1.165, 1.54) is 13.8 Å². The second kappa shape index (κ2) is 5.80. The first-order valence-electron chi connectivity index (χ1n) is 4.70. The van der Waals surface area contributed by atoms with Crippen LogP contribution in [0.2, 0.25) is 0 Å². The molecule has 0 aliphatic carbocycles. The Kier molecular flexibility index (Phi) is 5.39. The third-order valence-electron chi connectivity index (χ3n) is 1.69. The zero-order chi connectivity index (χ0) is 12.9. The van der Waals surface area contributed by atoms with Gasteiger partial charge in [0, 0.05) is 0 Å². The van der Waals surface area contributed by atoms with Gasteiger partial charge in [0.15, 0.2) is 6.04 Å². The van der Waals surface area contributed by atoms with Gasteiger partial charge in [0.05, 0.1) is 11.9 Å². The molecule has 0 aromatic carbocycles. The van der Waals surface area contributed by atoms with Crippen molar-refractivity contribution in [2.75, 3.05) is 6.61 Å². The molecule has 0 fully saturated rings. The van der Waals surface area contributed by atoms with Crippen molar-refractivity contribution >= 4 is 21.9 Å². The minimum Gasteiger partial charge on any atom is -0.464 e. The van der Waals surface area contributed by atoms with Crippen molar-refractivity contribution in [2.45, 2.75) is 32.1 Å². The van der Waals surface area contributed by atoms with Gasteiger partial charge in [-0.25, -0.2) is 13.2 Å². The van der Waals surface area contributed by atoms with Crippen LogP contribution in [0, 0.1) is 0 Å². The molecule has 0 aliphatic heterocycles. The van der Waals surface area contributed by atoms with E-state index in [0.717, 1.165) is 0 Å². The number of ether oxygens (including phenoxy) is 1. The van der Waals surface area contributed by atoms with Gasteiger partial charge in [-0.1, -0.05) is 0 Å². The molecule has 0 aromatic heterocycles. The van der Waals surface area contributed by atoms with Crippen LogP contribution in [0.15, 0.2) is 0 Å². The predicted octanol–water partition coefficient (Wildman–Crippen LogP) is -1.27. The van der Waals surface area contributed by atoms with Crippen molar-refractivity contribution in [3.8, 4) is 0 Å². The van der Waals surface area contributed by atoms with Gasteiger partial charge in [-0.2, -0.15) is 0 Å². The SMILES string of the molecule is CCOC(=O)C(N)C(=O)NS(=O)(=O)C(C)C. The number of carbonyl (C=O) groups excluding carboxylic acids is 2. The van der Waals surface area contributed by atoms with E-state index in [-0.39, 0.29) is 6.61 Å². The summed E-state index contributed by atoms with van der Waals surface area (Å²) in [5, 5.41) is -0.786. The van der Waals surface area contributed by atoms with Crippen LogP contribution in [0.5, 0.6) is 0 Å². The zero-order valence-electron chi connectivity index (χ0n) is 9.39. The van der Waals surface area contributed by atoms with Crippen LogP contribution in [0.25, 0.3) is 0 Å². The molecule has 1 atom stereocenters. The average Bonchev–Trinajstić information content (AvgIpc) is 2.15. The molecular formula is C8H16N2O5S. The minimum absolute atomic E-state index is 0.0662. The van der Waals surface area contributed by atoms with E-state index in [9.17, 15) is 18.0 Å². The van der Waals surface area contributed by atoms with Gasteiger partial charge in [-0.05, 0) is 20.8 Å². The van der Waals surface area contributed by atoms with Gasteiger partial charge in [0.2, 0.25) is 10.0 Å². The molecule has 1 unspecified atom stereocenters. The first-order chi connectivity index (χ1) is 7.22. The monoisotopic (exact) mass is 252 g/mol. The number of carbonyl (C=O) groups is 2. The van der Waals surface area contributed by atoms with Crippen LogP contribution in [0.1, 0.15) is 20.8 Å². The minimum atomic E-state index is -3.78. The van der Waals surface area contributed by atoms with Gasteiger partial charge in [0.1, 0.15) is 0 Å². The van der Waals surface area contributed by atoms with E-state index in [4.69, 9.17) is 5.73 Å². The van der Waals surface area contributed by atoms with E-state index in [0.29, 0.717) is 0 Å². The summed E-state index contributed by atoms with van der Waals surface area (Å²) in [7, 11) is -3.78. The van der Waals surface area contributed by atoms with Gasteiger partial charge in [0.25, 0.3) is 5.91 Å². The highest BCUT2D eigenvalue weighted by atomic mass is 32.2. The second-order valence-electron chi connectivity index (χ2n) is 3.29. The van der Waals surface area contributed by atoms with Crippen LogP contribution in [-0.4, -0.2) is 38.2 Å². The first-order valence-corrected chi connectivity index (χ1v) is 6.24. The molecular weight excluding hydrogens is 236 g/mol. The van der Waals surface area contributed by atoms with Crippen LogP contribution >= 0.6 is 0 Å². The molecule has 0 saturated heterocycles. The summed E-state index contributed by atoms with van der Waals surface area (Å²) in [6.45, 7) is 4.40. The van der Waals surface area contributed by atoms with Gasteiger partial charge in [-0.15, -0.1) is 0 Å². The Morgan fingerprint density at radius 1 is 1.38 bits per heavy atom. The van der Waals surface area contributed by atoms with Crippen molar-refractivity contribution in [1.29, 1.82) is 0 Å². The smallest absolute Gasteiger partial charge is 0.332 e. The maximum atomic E-state index is 11.3. The Bertz CT molecular complexity index is 363. The molecule has 7 nitrogen and oxygen atoms in total. The second-order valence-corrected chi connectivity index (χ2v) is 5.53. The lowest BCUT2D eigenvalue weighted by Gasteiger charge is -2.13. The zero-order valence-corrected chi connectivity index (χ0v) is 10.2. The lowest BCUT2D eigenvalue weighted by Crippen LogP contribution is -2.50. The summed E-state index contributed by atoms with van der Waals surface area (Å²) in [4.78, 5) is 22.3. The third kappa shape index (κ3) is 4.15. The molecule has 0 heterocycles. The molecule has 16 heavy (non-hydrogen) atoms. The number of hydrogen-bond donors (Lipinski definition) is 2. The molecule has 0 bridgehead atoms. The van der Waals surface area contributed by atoms with Crippen molar-refractivity contribution in [1.82, 2.24) is 4.72 Å². The largest absolute Gasteiger partial charge is 0.464 e. The summed E-state index contributed by atoms with van der Waals surface area (Å²) in [5.74, 6) is -2.05. The molecule has 0 radical (unpaired) electrons. The maximum Gasteiger partial charge on any atom is 0.332 e. The quantitative estimate of drug-likeness (QED) is 0.465. The number of hydrogen-bond acceptors (Lipinski definition) is 6. The van der Waals surface area contributed by atoms with Crippen LogP contribution in [0.4, 0.5) is 0 Å². The Balaban J connectivity index is 4.54. The highest BCUT2D eigenvalue weighted by Crippen LogP contribution is 1.97. The highest BCUT2D eigenvalue weighted by molar-refractivity contribution is 7.90. The number of sulfonamides is 1. The van der Waals surface area contributed by atoms with E-state index in [1.54, 1.807) is 11.6 Å². The van der Waals surface area contributed by atoms with Crippen LogP contribution in [-0.2, 0) is 24.3 Å². The molecule has 0 aliphatic rings. The standard InChI is InChI=1S/C8H16N2O5S/c1-4-15-8(12)6(9)7(11)10-16(13,14)5(2)3/h5-6H,4,9H2,1-3H3,(H,10,11). The number of esters is 1. The lowest BCUT2D eigenvalue weighted by atomic mass is 10.3. The fraction of sp³-hybridized carbons (Fsp3) is 0.750. The Labute approximate surface area is 94.4 Å². The predicted molar refractivity (Wildman–Crippen MR) is 56.8 cm³/mol. The molecule has 8 heteroatoms. The Morgan fingerprint density at radius 2 is 1.88 bits per heavy atom. The highest BCUT2D eigenvalue weighted by Gasteiger charge is 2.28. The van der Waals surface area contributed by atoms with Gasteiger partial charge < -0.3 is 10.5 Å². The summed E-state index contributed by atoms with van der Waals surface area (Å²) in [6, 6.07) is -1.63. The van der Waals surface area contributed by atoms with Crippen molar-refractivity contribution in [3.05, 3.63) is 0 Å². The number of nitrogens with two attached hydrogens (primary N) is 1. The number of rotatable bonds is 5. The topological polar surface area (TPSA) is 116 Å². The Hall–Kier alpha value is -1.15. The fourth-order valence-electron chi connectivity index (χ4n) is 0.661. The van der Waals surface area contributed by atoms with E-state index < -0.39 is 33.2 Å². The van der Waals surface area contributed by atoms with Crippen molar-refractivity contribution < 1.29 is 22.7 Å². The molecule has 0 spiro atoms. The summed E-state index contributed by atoms with van der Waals surface area (Å²) < 4.78 is 28.8. The van der Waals surface area contributed by atoms with E-state index in [1.807, 2.05) is 0 Å². The molecule has 3 N–H and O–H groups in total. The van der Waals surface area contributed by atoms with Crippen LogP contribution < -0.4 is 10.5 Å². The maximum absolute atomic E-state index is 11.3.